The lowest BCUT2D eigenvalue weighted by Gasteiger charge is -2.24. The number of anilines is 1. The van der Waals surface area contributed by atoms with Crippen LogP contribution >= 0.6 is 11.6 Å². The number of rotatable bonds is 8. The number of aliphatic hydroxyl groups is 1. The molecule has 0 amide bonds. The largest absolute Gasteiger partial charge is 0.393 e. The molecular formula is C15H25ClN2O. The predicted molar refractivity (Wildman–Crippen MR) is 83.0 cm³/mol. The molecule has 0 aliphatic heterocycles. The van der Waals surface area contributed by atoms with Gasteiger partial charge in [-0.05, 0) is 38.4 Å². The van der Waals surface area contributed by atoms with Crippen molar-refractivity contribution in [1.82, 2.24) is 5.32 Å². The standard InChI is InChI=1S/C15H25ClN2O/c1-4-9-17-11-13-14(16)6-5-7-15(13)18(3)10-8-12(2)19/h5-7,12,17,19H,4,8-11H2,1-3H3. The molecule has 0 saturated heterocycles. The number of nitrogens with zero attached hydrogens (tertiary/aromatic N) is 1. The first-order valence-corrected chi connectivity index (χ1v) is 7.31. The van der Waals surface area contributed by atoms with E-state index in [0.717, 1.165) is 48.7 Å². The fraction of sp³-hybridized carbons (Fsp3) is 0.600. The van der Waals surface area contributed by atoms with Crippen molar-refractivity contribution in [3.63, 3.8) is 0 Å². The Morgan fingerprint density at radius 3 is 2.79 bits per heavy atom. The van der Waals surface area contributed by atoms with Crippen LogP contribution in [0.3, 0.4) is 0 Å². The number of aliphatic hydroxyl groups excluding tert-OH is 1. The van der Waals surface area contributed by atoms with E-state index in [1.54, 1.807) is 0 Å². The summed E-state index contributed by atoms with van der Waals surface area (Å²) in [5.41, 5.74) is 2.27. The van der Waals surface area contributed by atoms with Crippen LogP contribution in [0.1, 0.15) is 32.3 Å². The molecule has 0 saturated carbocycles. The first kappa shape index (κ1) is 16.3. The lowest BCUT2D eigenvalue weighted by molar-refractivity contribution is 0.187. The summed E-state index contributed by atoms with van der Waals surface area (Å²) < 4.78 is 0. The maximum absolute atomic E-state index is 9.38. The van der Waals surface area contributed by atoms with E-state index in [1.165, 1.54) is 0 Å². The van der Waals surface area contributed by atoms with Gasteiger partial charge in [0.2, 0.25) is 0 Å². The van der Waals surface area contributed by atoms with Crippen LogP contribution in [0.15, 0.2) is 18.2 Å². The van der Waals surface area contributed by atoms with E-state index in [0.29, 0.717) is 0 Å². The molecule has 0 aliphatic carbocycles. The van der Waals surface area contributed by atoms with Gasteiger partial charge in [-0.25, -0.2) is 0 Å². The molecule has 0 radical (unpaired) electrons. The Morgan fingerprint density at radius 1 is 1.42 bits per heavy atom. The zero-order valence-electron chi connectivity index (χ0n) is 12.1. The number of hydrogen-bond donors (Lipinski definition) is 2. The molecule has 0 bridgehead atoms. The van der Waals surface area contributed by atoms with Crippen molar-refractivity contribution >= 4 is 17.3 Å². The van der Waals surface area contributed by atoms with Crippen LogP contribution in [0.4, 0.5) is 5.69 Å². The Labute approximate surface area is 121 Å². The van der Waals surface area contributed by atoms with Gasteiger partial charge >= 0.3 is 0 Å². The summed E-state index contributed by atoms with van der Waals surface area (Å²) in [5, 5.41) is 13.6. The minimum Gasteiger partial charge on any atom is -0.393 e. The van der Waals surface area contributed by atoms with Gasteiger partial charge in [0.1, 0.15) is 0 Å². The summed E-state index contributed by atoms with van der Waals surface area (Å²) in [4.78, 5) is 2.15. The monoisotopic (exact) mass is 284 g/mol. The molecule has 19 heavy (non-hydrogen) atoms. The fourth-order valence-electron chi connectivity index (χ4n) is 1.97. The third-order valence-electron chi connectivity index (χ3n) is 3.12. The third kappa shape index (κ3) is 5.39. The van der Waals surface area contributed by atoms with Gasteiger partial charge in [-0.2, -0.15) is 0 Å². The van der Waals surface area contributed by atoms with Gasteiger partial charge in [-0.15, -0.1) is 0 Å². The molecule has 0 aliphatic rings. The second kappa shape index (κ2) is 8.41. The van der Waals surface area contributed by atoms with E-state index >= 15 is 0 Å². The summed E-state index contributed by atoms with van der Waals surface area (Å²) >= 11 is 6.30. The second-order valence-corrected chi connectivity index (χ2v) is 5.38. The maximum atomic E-state index is 9.38. The fourth-order valence-corrected chi connectivity index (χ4v) is 2.21. The first-order chi connectivity index (χ1) is 9.06. The first-order valence-electron chi connectivity index (χ1n) is 6.93. The molecule has 1 aromatic rings. The van der Waals surface area contributed by atoms with Crippen LogP contribution in [0.25, 0.3) is 0 Å². The minimum atomic E-state index is -0.275. The second-order valence-electron chi connectivity index (χ2n) is 4.97. The molecule has 0 spiro atoms. The number of benzene rings is 1. The summed E-state index contributed by atoms with van der Waals surface area (Å²) in [5.74, 6) is 0. The summed E-state index contributed by atoms with van der Waals surface area (Å²) in [6.45, 7) is 6.55. The van der Waals surface area contributed by atoms with Crippen molar-refractivity contribution in [1.29, 1.82) is 0 Å². The van der Waals surface area contributed by atoms with Gasteiger partial charge in [-0.3, -0.25) is 0 Å². The summed E-state index contributed by atoms with van der Waals surface area (Å²) in [6, 6.07) is 5.98. The van der Waals surface area contributed by atoms with Crippen LogP contribution < -0.4 is 10.2 Å². The minimum absolute atomic E-state index is 0.275. The SMILES string of the molecule is CCCNCc1c(Cl)cccc1N(C)CCC(C)O. The zero-order valence-corrected chi connectivity index (χ0v) is 12.9. The van der Waals surface area contributed by atoms with Crippen LogP contribution in [0.2, 0.25) is 5.02 Å². The van der Waals surface area contributed by atoms with Crippen molar-refractivity contribution in [3.05, 3.63) is 28.8 Å². The van der Waals surface area contributed by atoms with Crippen molar-refractivity contribution in [3.8, 4) is 0 Å². The van der Waals surface area contributed by atoms with E-state index in [2.05, 4.69) is 23.2 Å². The van der Waals surface area contributed by atoms with E-state index in [4.69, 9.17) is 11.6 Å². The molecule has 0 fully saturated rings. The van der Waals surface area contributed by atoms with Gasteiger partial charge in [0.15, 0.2) is 0 Å². The Kier molecular flexibility index (Phi) is 7.21. The highest BCUT2D eigenvalue weighted by atomic mass is 35.5. The predicted octanol–water partition coefficient (Wildman–Crippen LogP) is 3.05. The average molecular weight is 285 g/mol. The topological polar surface area (TPSA) is 35.5 Å². The highest BCUT2D eigenvalue weighted by Crippen LogP contribution is 2.27. The number of halogens is 1. The highest BCUT2D eigenvalue weighted by Gasteiger charge is 2.11. The van der Waals surface area contributed by atoms with Crippen molar-refractivity contribution < 1.29 is 5.11 Å². The maximum Gasteiger partial charge on any atom is 0.0528 e. The van der Waals surface area contributed by atoms with Crippen LogP contribution in [-0.4, -0.2) is 31.3 Å². The Bertz CT molecular complexity index is 382. The molecule has 4 heteroatoms. The molecule has 108 valence electrons. The quantitative estimate of drug-likeness (QED) is 0.720. The molecule has 1 unspecified atom stereocenters. The number of nitrogens with one attached hydrogen (secondary N) is 1. The summed E-state index contributed by atoms with van der Waals surface area (Å²) in [7, 11) is 2.04. The van der Waals surface area contributed by atoms with Gasteiger partial charge in [0.05, 0.1) is 6.10 Å². The Balaban J connectivity index is 2.77. The Morgan fingerprint density at radius 2 is 2.16 bits per heavy atom. The van der Waals surface area contributed by atoms with Gasteiger partial charge in [-0.1, -0.05) is 24.6 Å². The van der Waals surface area contributed by atoms with Gasteiger partial charge in [0, 0.05) is 36.4 Å². The molecular weight excluding hydrogens is 260 g/mol. The molecule has 1 atom stereocenters. The molecule has 1 aromatic carbocycles. The zero-order chi connectivity index (χ0) is 14.3. The van der Waals surface area contributed by atoms with E-state index in [-0.39, 0.29) is 6.10 Å². The van der Waals surface area contributed by atoms with Crippen molar-refractivity contribution in [2.45, 2.75) is 39.3 Å². The normalized spacial score (nSPS) is 12.5. The molecule has 3 nitrogen and oxygen atoms in total. The van der Waals surface area contributed by atoms with Gasteiger partial charge < -0.3 is 15.3 Å². The number of hydrogen-bond acceptors (Lipinski definition) is 3. The highest BCUT2D eigenvalue weighted by molar-refractivity contribution is 6.31. The van der Waals surface area contributed by atoms with E-state index in [9.17, 15) is 5.11 Å². The van der Waals surface area contributed by atoms with Crippen LogP contribution in [0, 0.1) is 0 Å². The van der Waals surface area contributed by atoms with Crippen LogP contribution in [-0.2, 0) is 6.54 Å². The lowest BCUT2D eigenvalue weighted by atomic mass is 10.1. The van der Waals surface area contributed by atoms with Crippen molar-refractivity contribution in [2.75, 3.05) is 25.0 Å². The molecule has 1 rings (SSSR count). The molecule has 0 aromatic heterocycles. The Hall–Kier alpha value is -0.770. The average Bonchev–Trinajstić information content (AvgIpc) is 2.38. The van der Waals surface area contributed by atoms with E-state index in [1.807, 2.05) is 26.1 Å². The third-order valence-corrected chi connectivity index (χ3v) is 3.47. The lowest BCUT2D eigenvalue weighted by Crippen LogP contribution is -2.24. The van der Waals surface area contributed by atoms with Crippen molar-refractivity contribution in [2.24, 2.45) is 0 Å². The van der Waals surface area contributed by atoms with E-state index < -0.39 is 0 Å². The van der Waals surface area contributed by atoms with Crippen LogP contribution in [0.5, 0.6) is 0 Å². The van der Waals surface area contributed by atoms with Gasteiger partial charge in [0.25, 0.3) is 0 Å². The smallest absolute Gasteiger partial charge is 0.0528 e. The summed E-state index contributed by atoms with van der Waals surface area (Å²) in [6.07, 6.45) is 1.59. The molecule has 2 N–H and O–H groups in total. The molecule has 0 heterocycles.